The minimum Gasteiger partial charge on any atom is -0.479 e. The average Bonchev–Trinajstić information content (AvgIpc) is 2.43. The summed E-state index contributed by atoms with van der Waals surface area (Å²) in [5.74, 6) is -0.750. The number of aliphatic carboxylic acids is 1. The van der Waals surface area contributed by atoms with E-state index in [1.54, 1.807) is 6.07 Å². The van der Waals surface area contributed by atoms with Crippen molar-refractivity contribution in [1.29, 1.82) is 0 Å². The first-order chi connectivity index (χ1) is 9.49. The van der Waals surface area contributed by atoms with Crippen LogP contribution in [0.1, 0.15) is 19.8 Å². The van der Waals surface area contributed by atoms with E-state index in [1.165, 1.54) is 0 Å². The van der Waals surface area contributed by atoms with E-state index in [9.17, 15) is 9.90 Å². The standard InChI is InChI=1S/C14H18BrClN2O2/c1-2-9-8-17-6-5-14(9,13(19)20)18-10-3-4-12(16)11(15)7-10/h3-4,7,9,17-18H,2,5-6,8H2,1H3,(H,19,20). The molecule has 20 heavy (non-hydrogen) atoms. The largest absolute Gasteiger partial charge is 0.479 e. The number of benzene rings is 1. The van der Waals surface area contributed by atoms with Crippen LogP contribution in [0.3, 0.4) is 0 Å². The molecule has 0 saturated carbocycles. The van der Waals surface area contributed by atoms with E-state index in [1.807, 2.05) is 19.1 Å². The first-order valence-electron chi connectivity index (χ1n) is 6.67. The zero-order chi connectivity index (χ0) is 14.8. The zero-order valence-corrected chi connectivity index (χ0v) is 13.6. The van der Waals surface area contributed by atoms with Gasteiger partial charge in [-0.05, 0) is 53.5 Å². The summed E-state index contributed by atoms with van der Waals surface area (Å²) in [4.78, 5) is 11.9. The number of anilines is 1. The third-order valence-corrected chi connectivity index (χ3v) is 5.16. The number of nitrogens with one attached hydrogen (secondary N) is 2. The van der Waals surface area contributed by atoms with Gasteiger partial charge < -0.3 is 15.7 Å². The first kappa shape index (κ1) is 15.6. The Morgan fingerprint density at radius 2 is 2.40 bits per heavy atom. The molecule has 1 aromatic carbocycles. The van der Waals surface area contributed by atoms with E-state index < -0.39 is 11.5 Å². The molecule has 0 spiro atoms. The molecule has 0 radical (unpaired) electrons. The van der Waals surface area contributed by atoms with Gasteiger partial charge in [-0.2, -0.15) is 0 Å². The number of carbonyl (C=O) groups is 1. The normalized spacial score (nSPS) is 26.2. The van der Waals surface area contributed by atoms with Gasteiger partial charge >= 0.3 is 5.97 Å². The van der Waals surface area contributed by atoms with Crippen molar-refractivity contribution in [3.05, 3.63) is 27.7 Å². The van der Waals surface area contributed by atoms with Crippen molar-refractivity contribution in [1.82, 2.24) is 5.32 Å². The SMILES string of the molecule is CCC1CNCCC1(Nc1ccc(Cl)c(Br)c1)C(=O)O. The van der Waals surface area contributed by atoms with Crippen LogP contribution in [-0.2, 0) is 4.79 Å². The predicted molar refractivity (Wildman–Crippen MR) is 84.4 cm³/mol. The summed E-state index contributed by atoms with van der Waals surface area (Å²) in [6.07, 6.45) is 1.36. The molecule has 1 aliphatic heterocycles. The van der Waals surface area contributed by atoms with Crippen LogP contribution in [0, 0.1) is 5.92 Å². The Morgan fingerprint density at radius 1 is 1.65 bits per heavy atom. The maximum absolute atomic E-state index is 11.9. The van der Waals surface area contributed by atoms with Crippen molar-refractivity contribution < 1.29 is 9.90 Å². The molecular weight excluding hydrogens is 344 g/mol. The Morgan fingerprint density at radius 3 is 3.00 bits per heavy atom. The fourth-order valence-electron chi connectivity index (χ4n) is 2.76. The molecule has 2 atom stereocenters. The molecule has 1 saturated heterocycles. The molecule has 0 bridgehead atoms. The summed E-state index contributed by atoms with van der Waals surface area (Å²) in [5.41, 5.74) is -0.156. The summed E-state index contributed by atoms with van der Waals surface area (Å²) in [6.45, 7) is 3.43. The monoisotopic (exact) mass is 360 g/mol. The lowest BCUT2D eigenvalue weighted by Crippen LogP contribution is -2.59. The van der Waals surface area contributed by atoms with E-state index in [2.05, 4.69) is 26.6 Å². The lowest BCUT2D eigenvalue weighted by Gasteiger charge is -2.42. The van der Waals surface area contributed by atoms with Crippen LogP contribution in [0.15, 0.2) is 22.7 Å². The number of hydrogen-bond acceptors (Lipinski definition) is 3. The van der Waals surface area contributed by atoms with Crippen LogP contribution in [0.4, 0.5) is 5.69 Å². The van der Waals surface area contributed by atoms with Crippen LogP contribution in [0.5, 0.6) is 0 Å². The Kier molecular flexibility index (Phi) is 4.94. The van der Waals surface area contributed by atoms with Gasteiger partial charge in [0.15, 0.2) is 0 Å². The molecule has 1 aromatic rings. The number of piperidine rings is 1. The molecule has 0 amide bonds. The van der Waals surface area contributed by atoms with Crippen LogP contribution in [-0.4, -0.2) is 29.7 Å². The summed E-state index contributed by atoms with van der Waals surface area (Å²) in [6, 6.07) is 5.39. The molecule has 1 heterocycles. The third kappa shape index (κ3) is 2.95. The van der Waals surface area contributed by atoms with Gasteiger partial charge in [-0.25, -0.2) is 4.79 Å². The fourth-order valence-corrected chi connectivity index (χ4v) is 3.26. The van der Waals surface area contributed by atoms with Crippen molar-refractivity contribution >= 4 is 39.2 Å². The molecule has 0 aliphatic carbocycles. The van der Waals surface area contributed by atoms with Gasteiger partial charge in [-0.15, -0.1) is 0 Å². The maximum Gasteiger partial charge on any atom is 0.329 e. The molecule has 110 valence electrons. The lowest BCUT2D eigenvalue weighted by atomic mass is 9.76. The van der Waals surface area contributed by atoms with Crippen molar-refractivity contribution in [3.63, 3.8) is 0 Å². The highest BCUT2D eigenvalue weighted by Crippen LogP contribution is 2.33. The van der Waals surface area contributed by atoms with E-state index in [4.69, 9.17) is 11.6 Å². The third-order valence-electron chi connectivity index (χ3n) is 3.95. The van der Waals surface area contributed by atoms with Gasteiger partial charge in [0.25, 0.3) is 0 Å². The fraction of sp³-hybridized carbons (Fsp3) is 0.500. The molecular formula is C14H18BrClN2O2. The van der Waals surface area contributed by atoms with E-state index in [0.717, 1.165) is 16.6 Å². The number of carboxylic acid groups (broad SMARTS) is 1. The molecule has 1 fully saturated rings. The summed E-state index contributed by atoms with van der Waals surface area (Å²) < 4.78 is 0.756. The van der Waals surface area contributed by atoms with Gasteiger partial charge in [0, 0.05) is 22.6 Å². The lowest BCUT2D eigenvalue weighted by molar-refractivity contribution is -0.145. The Hall–Kier alpha value is -0.780. The van der Waals surface area contributed by atoms with Crippen molar-refractivity contribution in [2.45, 2.75) is 25.3 Å². The molecule has 3 N–H and O–H groups in total. The second kappa shape index (κ2) is 6.33. The van der Waals surface area contributed by atoms with Gasteiger partial charge in [0.05, 0.1) is 5.02 Å². The molecule has 0 aromatic heterocycles. The topological polar surface area (TPSA) is 61.4 Å². The summed E-state index contributed by atoms with van der Waals surface area (Å²) >= 11 is 9.34. The maximum atomic E-state index is 11.9. The molecule has 2 rings (SSSR count). The number of rotatable bonds is 4. The van der Waals surface area contributed by atoms with Crippen LogP contribution in [0.25, 0.3) is 0 Å². The second-order valence-corrected chi connectivity index (χ2v) is 6.35. The van der Waals surface area contributed by atoms with Gasteiger partial charge in [0.1, 0.15) is 5.54 Å². The summed E-state index contributed by atoms with van der Waals surface area (Å²) in [5, 5.41) is 16.9. The quantitative estimate of drug-likeness (QED) is 0.769. The smallest absolute Gasteiger partial charge is 0.329 e. The van der Waals surface area contributed by atoms with Gasteiger partial charge in [0.2, 0.25) is 0 Å². The molecule has 6 heteroatoms. The van der Waals surface area contributed by atoms with Gasteiger partial charge in [-0.1, -0.05) is 18.5 Å². The Balaban J connectivity index is 2.32. The van der Waals surface area contributed by atoms with Crippen LogP contribution >= 0.6 is 27.5 Å². The van der Waals surface area contributed by atoms with E-state index in [-0.39, 0.29) is 5.92 Å². The number of hydrogen-bond donors (Lipinski definition) is 3. The van der Waals surface area contributed by atoms with Crippen molar-refractivity contribution in [2.24, 2.45) is 5.92 Å². The highest BCUT2D eigenvalue weighted by molar-refractivity contribution is 9.10. The minimum atomic E-state index is -0.923. The molecule has 4 nitrogen and oxygen atoms in total. The molecule has 2 unspecified atom stereocenters. The first-order valence-corrected chi connectivity index (χ1v) is 7.84. The second-order valence-electron chi connectivity index (χ2n) is 5.09. The Labute approximate surface area is 132 Å². The predicted octanol–water partition coefficient (Wildman–Crippen LogP) is 3.36. The Bertz CT molecular complexity index is 512. The van der Waals surface area contributed by atoms with Gasteiger partial charge in [-0.3, -0.25) is 0 Å². The zero-order valence-electron chi connectivity index (χ0n) is 11.2. The van der Waals surface area contributed by atoms with Crippen molar-refractivity contribution in [2.75, 3.05) is 18.4 Å². The van der Waals surface area contributed by atoms with E-state index >= 15 is 0 Å². The minimum absolute atomic E-state index is 0.0446. The number of carboxylic acids is 1. The average molecular weight is 362 g/mol. The highest BCUT2D eigenvalue weighted by atomic mass is 79.9. The van der Waals surface area contributed by atoms with Crippen LogP contribution in [0.2, 0.25) is 5.02 Å². The highest BCUT2D eigenvalue weighted by Gasteiger charge is 2.46. The van der Waals surface area contributed by atoms with Crippen LogP contribution < -0.4 is 10.6 Å². The molecule has 1 aliphatic rings. The summed E-state index contributed by atoms with van der Waals surface area (Å²) in [7, 11) is 0. The number of halogens is 2. The van der Waals surface area contributed by atoms with Crippen molar-refractivity contribution in [3.8, 4) is 0 Å². The van der Waals surface area contributed by atoms with E-state index in [0.29, 0.717) is 24.5 Å².